The first kappa shape index (κ1) is 27.7. The minimum atomic E-state index is -0.653. The van der Waals surface area contributed by atoms with E-state index in [0.29, 0.717) is 47.5 Å². The molecule has 38 heavy (non-hydrogen) atoms. The molecule has 4 rings (SSSR count). The Kier molecular flexibility index (Phi) is 8.14. The molecule has 0 radical (unpaired) electrons. The van der Waals surface area contributed by atoms with Gasteiger partial charge in [-0.25, -0.2) is 4.98 Å². The molecule has 1 aliphatic rings. The summed E-state index contributed by atoms with van der Waals surface area (Å²) in [6, 6.07) is 7.73. The van der Waals surface area contributed by atoms with Crippen LogP contribution in [0.25, 0.3) is 10.9 Å². The summed E-state index contributed by atoms with van der Waals surface area (Å²) in [6.07, 6.45) is 1.25. The van der Waals surface area contributed by atoms with Crippen LogP contribution in [0.2, 0.25) is 5.02 Å². The van der Waals surface area contributed by atoms with Gasteiger partial charge in [-0.1, -0.05) is 48.3 Å². The standard InChI is InChI=1S/C25H25BrClN5O6/c1-25(2,3)24-29-19-5-4-16(26)11-18(19)23(34)31(24)28-13-15-10-17(27)12-20(32(35)36)22(15)38-14-21(33)30-6-8-37-9-7-30/h4-5,10-13H,6-9,14H2,1-3H3. The zero-order valence-electron chi connectivity index (χ0n) is 20.9. The van der Waals surface area contributed by atoms with Crippen molar-refractivity contribution in [2.75, 3.05) is 32.9 Å². The summed E-state index contributed by atoms with van der Waals surface area (Å²) in [7, 11) is 0. The van der Waals surface area contributed by atoms with Crippen LogP contribution in [0.3, 0.4) is 0 Å². The molecule has 2 aromatic carbocycles. The van der Waals surface area contributed by atoms with E-state index in [9.17, 15) is 19.7 Å². The van der Waals surface area contributed by atoms with Gasteiger partial charge in [0.2, 0.25) is 5.75 Å². The summed E-state index contributed by atoms with van der Waals surface area (Å²) >= 11 is 9.54. The fraction of sp³-hybridized carbons (Fsp3) is 0.360. The number of fused-ring (bicyclic) bond motifs is 1. The first-order chi connectivity index (χ1) is 18.0. The zero-order valence-corrected chi connectivity index (χ0v) is 23.3. The summed E-state index contributed by atoms with van der Waals surface area (Å²) in [4.78, 5) is 43.4. The first-order valence-corrected chi connectivity index (χ1v) is 12.9. The van der Waals surface area contributed by atoms with Crippen molar-refractivity contribution in [3.8, 4) is 5.75 Å². The van der Waals surface area contributed by atoms with Crippen molar-refractivity contribution in [2.24, 2.45) is 5.10 Å². The average molecular weight is 607 g/mol. The van der Waals surface area contributed by atoms with E-state index in [2.05, 4.69) is 26.0 Å². The Hall–Kier alpha value is -3.35. The number of nitro benzene ring substituents is 1. The fourth-order valence-electron chi connectivity index (χ4n) is 3.89. The van der Waals surface area contributed by atoms with E-state index in [1.165, 1.54) is 12.3 Å². The number of rotatable bonds is 6. The van der Waals surface area contributed by atoms with Crippen LogP contribution in [0, 0.1) is 10.1 Å². The van der Waals surface area contributed by atoms with Crippen LogP contribution in [-0.4, -0.2) is 64.5 Å². The van der Waals surface area contributed by atoms with Crippen LogP contribution in [0.5, 0.6) is 5.75 Å². The van der Waals surface area contributed by atoms with Crippen LogP contribution in [0.1, 0.15) is 32.2 Å². The molecule has 0 spiro atoms. The number of ether oxygens (including phenoxy) is 2. The number of carbonyl (C=O) groups is 1. The summed E-state index contributed by atoms with van der Waals surface area (Å²) in [5.74, 6) is -0.141. The molecule has 1 saturated heterocycles. The molecule has 0 bridgehead atoms. The SMILES string of the molecule is CC(C)(C)c1nc2ccc(Br)cc2c(=O)n1N=Cc1cc(Cl)cc([N+](=O)[O-])c1OCC(=O)N1CCOCC1. The highest BCUT2D eigenvalue weighted by molar-refractivity contribution is 9.10. The number of nitro groups is 1. The molecule has 200 valence electrons. The minimum absolute atomic E-state index is 0.0639. The van der Waals surface area contributed by atoms with Crippen LogP contribution in [0.4, 0.5) is 5.69 Å². The fourth-order valence-corrected chi connectivity index (χ4v) is 4.47. The second-order valence-corrected chi connectivity index (χ2v) is 10.9. The molecule has 0 N–H and O–H groups in total. The molecule has 0 saturated carbocycles. The van der Waals surface area contributed by atoms with Crippen LogP contribution >= 0.6 is 27.5 Å². The van der Waals surface area contributed by atoms with Crippen LogP contribution in [0.15, 0.2) is 44.7 Å². The van der Waals surface area contributed by atoms with E-state index >= 15 is 0 Å². The van der Waals surface area contributed by atoms with Gasteiger partial charge in [-0.3, -0.25) is 19.7 Å². The number of carbonyl (C=O) groups excluding carboxylic acids is 1. The minimum Gasteiger partial charge on any atom is -0.476 e. The molecule has 1 amide bonds. The second kappa shape index (κ2) is 11.2. The third-order valence-corrected chi connectivity index (χ3v) is 6.47. The molecule has 1 fully saturated rings. The van der Waals surface area contributed by atoms with Gasteiger partial charge in [0.1, 0.15) is 5.82 Å². The van der Waals surface area contributed by atoms with Crippen LogP contribution < -0.4 is 10.3 Å². The predicted octanol–water partition coefficient (Wildman–Crippen LogP) is 4.14. The third-order valence-electron chi connectivity index (χ3n) is 5.75. The number of hydrogen-bond acceptors (Lipinski definition) is 8. The summed E-state index contributed by atoms with van der Waals surface area (Å²) in [5.41, 5.74) is -0.780. The smallest absolute Gasteiger partial charge is 0.313 e. The maximum atomic E-state index is 13.4. The van der Waals surface area contributed by atoms with E-state index in [-0.39, 0.29) is 22.2 Å². The number of morpholine rings is 1. The third kappa shape index (κ3) is 6.03. The van der Waals surface area contributed by atoms with Crippen molar-refractivity contribution < 1.29 is 19.2 Å². The zero-order chi connectivity index (χ0) is 27.6. The van der Waals surface area contributed by atoms with Gasteiger partial charge in [-0.2, -0.15) is 9.78 Å². The van der Waals surface area contributed by atoms with Gasteiger partial charge in [-0.15, -0.1) is 0 Å². The molecule has 0 unspecified atom stereocenters. The Morgan fingerprint density at radius 1 is 1.29 bits per heavy atom. The molecule has 13 heteroatoms. The summed E-state index contributed by atoms with van der Waals surface area (Å²) < 4.78 is 12.8. The summed E-state index contributed by atoms with van der Waals surface area (Å²) in [6.45, 7) is 6.87. The number of halogens is 2. The molecule has 1 aliphatic heterocycles. The molecule has 0 aliphatic carbocycles. The first-order valence-electron chi connectivity index (χ1n) is 11.7. The van der Waals surface area contributed by atoms with Crippen molar-refractivity contribution in [2.45, 2.75) is 26.2 Å². The Bertz CT molecular complexity index is 1490. The number of aromatic nitrogens is 2. The van der Waals surface area contributed by atoms with Crippen LogP contribution in [-0.2, 0) is 14.9 Å². The van der Waals surface area contributed by atoms with Crippen molar-refractivity contribution in [3.05, 3.63) is 71.7 Å². The van der Waals surface area contributed by atoms with Crippen molar-refractivity contribution in [1.82, 2.24) is 14.6 Å². The van der Waals surface area contributed by atoms with E-state index in [4.69, 9.17) is 21.1 Å². The normalized spacial score (nSPS) is 14.3. The largest absolute Gasteiger partial charge is 0.476 e. The Labute approximate surface area is 231 Å². The Morgan fingerprint density at radius 2 is 2.00 bits per heavy atom. The maximum Gasteiger partial charge on any atom is 0.313 e. The molecule has 11 nitrogen and oxygen atoms in total. The monoisotopic (exact) mass is 605 g/mol. The van der Waals surface area contributed by atoms with E-state index in [0.717, 1.165) is 10.7 Å². The number of hydrogen-bond donors (Lipinski definition) is 0. The lowest BCUT2D eigenvalue weighted by Gasteiger charge is -2.26. The molecule has 1 aromatic heterocycles. The molecule has 3 aromatic rings. The Morgan fingerprint density at radius 3 is 2.66 bits per heavy atom. The quantitative estimate of drug-likeness (QED) is 0.234. The van der Waals surface area contributed by atoms with Gasteiger partial charge in [0.15, 0.2) is 6.61 Å². The lowest BCUT2D eigenvalue weighted by atomic mass is 9.95. The number of nitrogens with zero attached hydrogens (tertiary/aromatic N) is 5. The topological polar surface area (TPSA) is 129 Å². The second-order valence-electron chi connectivity index (χ2n) is 9.59. The van der Waals surface area contributed by atoms with Gasteiger partial charge >= 0.3 is 5.69 Å². The highest BCUT2D eigenvalue weighted by Gasteiger charge is 2.25. The van der Waals surface area contributed by atoms with Gasteiger partial charge in [-0.05, 0) is 24.3 Å². The maximum absolute atomic E-state index is 13.4. The van der Waals surface area contributed by atoms with Crippen molar-refractivity contribution in [3.63, 3.8) is 0 Å². The predicted molar refractivity (Wildman–Crippen MR) is 146 cm³/mol. The van der Waals surface area contributed by atoms with Crippen molar-refractivity contribution in [1.29, 1.82) is 0 Å². The highest BCUT2D eigenvalue weighted by atomic mass is 79.9. The van der Waals surface area contributed by atoms with Gasteiger partial charge in [0, 0.05) is 39.6 Å². The lowest BCUT2D eigenvalue weighted by molar-refractivity contribution is -0.385. The van der Waals surface area contributed by atoms with E-state index in [1.54, 1.807) is 23.1 Å². The lowest BCUT2D eigenvalue weighted by Crippen LogP contribution is -2.43. The molecular formula is C25H25BrClN5O6. The van der Waals surface area contributed by atoms with E-state index in [1.807, 2.05) is 20.8 Å². The Balaban J connectivity index is 1.79. The summed E-state index contributed by atoms with van der Waals surface area (Å²) in [5, 5.41) is 16.6. The van der Waals surface area contributed by atoms with Gasteiger partial charge in [0.25, 0.3) is 11.5 Å². The molecule has 0 atom stereocenters. The number of amides is 1. The average Bonchev–Trinajstić information content (AvgIpc) is 2.87. The molecule has 2 heterocycles. The van der Waals surface area contributed by atoms with Gasteiger partial charge < -0.3 is 14.4 Å². The molecular weight excluding hydrogens is 582 g/mol. The highest BCUT2D eigenvalue weighted by Crippen LogP contribution is 2.34. The van der Waals surface area contributed by atoms with Crippen molar-refractivity contribution >= 4 is 56.2 Å². The number of benzene rings is 2. The van der Waals surface area contributed by atoms with E-state index < -0.39 is 28.2 Å². The van der Waals surface area contributed by atoms with Gasteiger partial charge in [0.05, 0.1) is 35.3 Å².